The van der Waals surface area contributed by atoms with Crippen LogP contribution in [0, 0.1) is 49.4 Å². The summed E-state index contributed by atoms with van der Waals surface area (Å²) >= 11 is 3.49. The lowest BCUT2D eigenvalue weighted by Gasteiger charge is -2.37. The van der Waals surface area contributed by atoms with Crippen LogP contribution in [0.25, 0.3) is 0 Å². The van der Waals surface area contributed by atoms with Crippen LogP contribution in [-0.4, -0.2) is 29.2 Å². The smallest absolute Gasteiger partial charge is 0.233 e. The Morgan fingerprint density at radius 2 is 1.68 bits per heavy atom. The predicted molar refractivity (Wildman–Crippen MR) is 108 cm³/mol. The largest absolute Gasteiger partial charge is 0.326 e. The Balaban J connectivity index is 1.25. The molecule has 4 aliphatic carbocycles. The molecule has 3 fully saturated rings. The van der Waals surface area contributed by atoms with Crippen LogP contribution in [0.4, 0.5) is 5.69 Å². The van der Waals surface area contributed by atoms with Gasteiger partial charge >= 0.3 is 0 Å². The van der Waals surface area contributed by atoms with Gasteiger partial charge in [0, 0.05) is 23.1 Å². The minimum atomic E-state index is -0.189. The molecule has 0 unspecified atom stereocenters. The van der Waals surface area contributed by atoms with E-state index in [4.69, 9.17) is 0 Å². The van der Waals surface area contributed by atoms with Crippen LogP contribution in [-0.2, 0) is 14.4 Å². The van der Waals surface area contributed by atoms with Crippen molar-refractivity contribution >= 4 is 39.3 Å². The number of benzene rings is 1. The van der Waals surface area contributed by atoms with Gasteiger partial charge in [-0.2, -0.15) is 0 Å². The van der Waals surface area contributed by atoms with E-state index in [0.717, 1.165) is 27.7 Å². The van der Waals surface area contributed by atoms with E-state index in [1.54, 1.807) is 0 Å². The molecule has 1 aromatic carbocycles. The van der Waals surface area contributed by atoms with Gasteiger partial charge in [-0.25, -0.2) is 0 Å². The Labute approximate surface area is 172 Å². The summed E-state index contributed by atoms with van der Waals surface area (Å²) < 4.78 is 1.00. The summed E-state index contributed by atoms with van der Waals surface area (Å²) in [5.74, 6) is 0.957. The van der Waals surface area contributed by atoms with Crippen molar-refractivity contribution in [2.45, 2.75) is 26.7 Å². The van der Waals surface area contributed by atoms with Crippen molar-refractivity contribution in [3.8, 4) is 0 Å². The van der Waals surface area contributed by atoms with Crippen molar-refractivity contribution < 1.29 is 14.4 Å². The summed E-state index contributed by atoms with van der Waals surface area (Å²) in [5.41, 5.74) is 2.77. The van der Waals surface area contributed by atoms with Crippen LogP contribution in [0.3, 0.4) is 0 Å². The lowest BCUT2D eigenvalue weighted by Crippen LogP contribution is -2.40. The van der Waals surface area contributed by atoms with Crippen molar-refractivity contribution in [2.75, 3.05) is 11.9 Å². The van der Waals surface area contributed by atoms with E-state index in [2.05, 4.69) is 33.4 Å². The summed E-state index contributed by atoms with van der Waals surface area (Å²) in [6.07, 6.45) is 5.62. The number of hydrogen-bond donors (Lipinski definition) is 1. The standard InChI is InChI=1S/C22H23BrN2O3/c1-10-8-17(11(2)7-16(10)23)24-18(26)5-6-25-21(27)19-12-3-4-13(15-9-14(12)15)20(19)22(25)28/h3-4,7-8,12-15,19-20H,5-6,9H2,1-2H3,(H,24,26)/t12-,13-,14-,15-,19+,20+/m0/s1. The number of aryl methyl sites for hydroxylation is 2. The van der Waals surface area contributed by atoms with E-state index >= 15 is 0 Å². The van der Waals surface area contributed by atoms with Gasteiger partial charge in [-0.1, -0.05) is 28.1 Å². The maximum atomic E-state index is 12.9. The summed E-state index contributed by atoms with van der Waals surface area (Å²) in [5, 5.41) is 2.92. The molecule has 1 aliphatic heterocycles. The highest BCUT2D eigenvalue weighted by molar-refractivity contribution is 9.10. The fraction of sp³-hybridized carbons (Fsp3) is 0.500. The Morgan fingerprint density at radius 3 is 2.29 bits per heavy atom. The average molecular weight is 443 g/mol. The van der Waals surface area contributed by atoms with Gasteiger partial charge in [-0.3, -0.25) is 19.3 Å². The third-order valence-electron chi connectivity index (χ3n) is 7.10. The quantitative estimate of drug-likeness (QED) is 0.573. The molecule has 2 saturated carbocycles. The fourth-order valence-electron chi connectivity index (χ4n) is 5.58. The highest BCUT2D eigenvalue weighted by Gasteiger charge is 2.66. The molecule has 28 heavy (non-hydrogen) atoms. The van der Waals surface area contributed by atoms with E-state index in [1.165, 1.54) is 4.90 Å². The molecular formula is C22H23BrN2O3. The number of imide groups is 1. The molecule has 6 rings (SSSR count). The van der Waals surface area contributed by atoms with E-state index in [9.17, 15) is 14.4 Å². The summed E-state index contributed by atoms with van der Waals surface area (Å²) in [6, 6.07) is 3.89. The normalized spacial score (nSPS) is 34.5. The van der Waals surface area contributed by atoms with Gasteiger partial charge in [0.05, 0.1) is 11.8 Å². The Hall–Kier alpha value is -1.95. The molecule has 3 amide bonds. The van der Waals surface area contributed by atoms with Crippen LogP contribution in [0.15, 0.2) is 28.8 Å². The van der Waals surface area contributed by atoms with Crippen LogP contribution in [0.5, 0.6) is 0 Å². The summed E-state index contributed by atoms with van der Waals surface area (Å²) in [7, 11) is 0. The number of carbonyl (C=O) groups excluding carboxylic acids is 3. The lowest BCUT2D eigenvalue weighted by atomic mass is 9.63. The molecule has 0 spiro atoms. The molecule has 1 N–H and O–H groups in total. The molecule has 1 aromatic rings. The lowest BCUT2D eigenvalue weighted by molar-refractivity contribution is -0.140. The van der Waals surface area contributed by atoms with Gasteiger partial charge in [-0.05, 0) is 67.2 Å². The topological polar surface area (TPSA) is 66.5 Å². The first-order valence-electron chi connectivity index (χ1n) is 9.97. The summed E-state index contributed by atoms with van der Waals surface area (Å²) in [4.78, 5) is 39.7. The Morgan fingerprint density at radius 1 is 1.07 bits per heavy atom. The van der Waals surface area contributed by atoms with Crippen LogP contribution >= 0.6 is 15.9 Å². The molecule has 6 atom stereocenters. The first-order valence-corrected chi connectivity index (χ1v) is 10.8. The number of amides is 3. The third-order valence-corrected chi connectivity index (χ3v) is 7.95. The number of rotatable bonds is 4. The van der Waals surface area contributed by atoms with Gasteiger partial charge in [0.25, 0.3) is 0 Å². The molecule has 6 heteroatoms. The molecule has 0 radical (unpaired) electrons. The number of hydrogen-bond acceptors (Lipinski definition) is 3. The molecule has 2 bridgehead atoms. The number of carbonyl (C=O) groups is 3. The number of anilines is 1. The van der Waals surface area contributed by atoms with Crippen molar-refractivity contribution in [2.24, 2.45) is 35.5 Å². The molecule has 5 nitrogen and oxygen atoms in total. The van der Waals surface area contributed by atoms with Gasteiger partial charge in [0.1, 0.15) is 0 Å². The minimum absolute atomic E-state index is 0.0665. The predicted octanol–water partition coefficient (Wildman–Crippen LogP) is 3.45. The molecule has 0 aromatic heterocycles. The number of halogens is 1. The highest BCUT2D eigenvalue weighted by Crippen LogP contribution is 2.65. The van der Waals surface area contributed by atoms with E-state index in [0.29, 0.717) is 11.8 Å². The van der Waals surface area contributed by atoms with Crippen LogP contribution in [0.2, 0.25) is 0 Å². The molecule has 5 aliphatic rings. The van der Waals surface area contributed by atoms with Gasteiger partial charge in [0.2, 0.25) is 17.7 Å². The number of nitrogens with zero attached hydrogens (tertiary/aromatic N) is 1. The van der Waals surface area contributed by atoms with E-state index in [1.807, 2.05) is 26.0 Å². The fourth-order valence-corrected chi connectivity index (χ4v) is 6.04. The third kappa shape index (κ3) is 2.60. The zero-order chi connectivity index (χ0) is 19.7. The van der Waals surface area contributed by atoms with Crippen LogP contribution in [0.1, 0.15) is 24.0 Å². The van der Waals surface area contributed by atoms with Crippen molar-refractivity contribution in [3.05, 3.63) is 39.9 Å². The van der Waals surface area contributed by atoms with Gasteiger partial charge < -0.3 is 5.32 Å². The van der Waals surface area contributed by atoms with Gasteiger partial charge in [-0.15, -0.1) is 0 Å². The zero-order valence-corrected chi connectivity index (χ0v) is 17.5. The Bertz CT molecular complexity index is 904. The number of nitrogens with one attached hydrogen (secondary N) is 1. The maximum Gasteiger partial charge on any atom is 0.233 e. The zero-order valence-electron chi connectivity index (χ0n) is 15.9. The Kier molecular flexibility index (Phi) is 4.06. The minimum Gasteiger partial charge on any atom is -0.326 e. The first kappa shape index (κ1) is 18.1. The second kappa shape index (κ2) is 6.28. The van der Waals surface area contributed by atoms with Crippen LogP contribution < -0.4 is 5.32 Å². The monoisotopic (exact) mass is 442 g/mol. The van der Waals surface area contributed by atoms with Crippen molar-refractivity contribution in [3.63, 3.8) is 0 Å². The molecule has 146 valence electrons. The van der Waals surface area contributed by atoms with Crippen molar-refractivity contribution in [1.82, 2.24) is 4.90 Å². The second-order valence-corrected chi connectivity index (χ2v) is 9.55. The maximum absolute atomic E-state index is 12.9. The average Bonchev–Trinajstić information content (AvgIpc) is 3.43. The number of likely N-dealkylation sites (tertiary alicyclic amines) is 1. The molecule has 1 heterocycles. The molecule has 1 saturated heterocycles. The van der Waals surface area contributed by atoms with E-state index < -0.39 is 0 Å². The SMILES string of the molecule is Cc1cc(NC(=O)CCN2C(=O)[C@@H]3[C@H]4C=C[C@@H]([C@@H]5C[C@@H]45)[C@H]3C2=O)c(C)cc1Br. The van der Waals surface area contributed by atoms with Crippen molar-refractivity contribution in [1.29, 1.82) is 0 Å². The first-order chi connectivity index (χ1) is 13.4. The number of allylic oxidation sites excluding steroid dienone is 2. The highest BCUT2D eigenvalue weighted by atomic mass is 79.9. The second-order valence-electron chi connectivity index (χ2n) is 8.70. The van der Waals surface area contributed by atoms with Gasteiger partial charge in [0.15, 0.2) is 0 Å². The van der Waals surface area contributed by atoms with E-state index in [-0.39, 0.29) is 54.4 Å². The molecular weight excluding hydrogens is 420 g/mol. The summed E-state index contributed by atoms with van der Waals surface area (Å²) in [6.45, 7) is 4.07.